The van der Waals surface area contributed by atoms with Crippen LogP contribution in [0.25, 0.3) is 0 Å². The van der Waals surface area contributed by atoms with Gasteiger partial charge in [0.15, 0.2) is 6.29 Å². The Kier molecular flexibility index (Phi) is 2.72. The van der Waals surface area contributed by atoms with E-state index >= 15 is 0 Å². The third-order valence-corrected chi connectivity index (χ3v) is 2.58. The number of thioether (sulfide) groups is 1. The molecule has 1 aliphatic carbocycles. The number of pyridine rings is 1. The molecule has 1 aliphatic rings. The second-order valence-corrected chi connectivity index (χ2v) is 4.03. The van der Waals surface area contributed by atoms with E-state index in [4.69, 9.17) is 4.74 Å². The van der Waals surface area contributed by atoms with Gasteiger partial charge >= 0.3 is 0 Å². The minimum absolute atomic E-state index is 0.353. The summed E-state index contributed by atoms with van der Waals surface area (Å²) in [6.45, 7) is 0. The van der Waals surface area contributed by atoms with Gasteiger partial charge in [-0.15, -0.1) is 11.8 Å². The van der Waals surface area contributed by atoms with Gasteiger partial charge in [-0.25, -0.2) is 4.98 Å². The fourth-order valence-electron chi connectivity index (χ4n) is 1.11. The number of carbonyl (C=O) groups is 1. The van der Waals surface area contributed by atoms with Crippen molar-refractivity contribution in [3.63, 3.8) is 0 Å². The van der Waals surface area contributed by atoms with Crippen LogP contribution in [0.5, 0.6) is 5.75 Å². The Morgan fingerprint density at radius 2 is 2.36 bits per heavy atom. The minimum Gasteiger partial charge on any atom is -0.490 e. The lowest BCUT2D eigenvalue weighted by molar-refractivity contribution is 0.111. The molecule has 14 heavy (non-hydrogen) atoms. The van der Waals surface area contributed by atoms with Crippen molar-refractivity contribution < 1.29 is 9.53 Å². The molecule has 0 radical (unpaired) electrons. The van der Waals surface area contributed by atoms with Gasteiger partial charge in [0.05, 0.1) is 6.10 Å². The monoisotopic (exact) mass is 209 g/mol. The van der Waals surface area contributed by atoms with Crippen LogP contribution >= 0.6 is 11.8 Å². The molecule has 0 aromatic carbocycles. The Labute approximate surface area is 86.9 Å². The van der Waals surface area contributed by atoms with Crippen LogP contribution < -0.4 is 4.74 Å². The van der Waals surface area contributed by atoms with E-state index in [0.717, 1.165) is 29.9 Å². The fraction of sp³-hybridized carbons (Fsp3) is 0.400. The molecule has 0 N–H and O–H groups in total. The first-order valence-electron chi connectivity index (χ1n) is 4.49. The summed E-state index contributed by atoms with van der Waals surface area (Å²) in [4.78, 5) is 14.7. The van der Waals surface area contributed by atoms with Crippen molar-refractivity contribution in [3.8, 4) is 5.75 Å². The highest BCUT2D eigenvalue weighted by Gasteiger charge is 2.23. The Morgan fingerprint density at radius 3 is 2.93 bits per heavy atom. The van der Waals surface area contributed by atoms with E-state index < -0.39 is 0 Å². The van der Waals surface area contributed by atoms with Gasteiger partial charge in [-0.05, 0) is 19.1 Å². The lowest BCUT2D eigenvalue weighted by Crippen LogP contribution is -1.98. The van der Waals surface area contributed by atoms with Gasteiger partial charge in [-0.3, -0.25) is 4.79 Å². The summed E-state index contributed by atoms with van der Waals surface area (Å²) >= 11 is 1.51. The van der Waals surface area contributed by atoms with Gasteiger partial charge in [-0.1, -0.05) is 0 Å². The Bertz CT molecular complexity index is 350. The van der Waals surface area contributed by atoms with Crippen LogP contribution in [0.15, 0.2) is 17.2 Å². The third-order valence-electron chi connectivity index (χ3n) is 1.95. The van der Waals surface area contributed by atoms with E-state index in [9.17, 15) is 4.79 Å². The van der Waals surface area contributed by atoms with E-state index in [-0.39, 0.29) is 0 Å². The number of nitrogens with zero attached hydrogens (tertiary/aromatic N) is 1. The molecule has 0 aliphatic heterocycles. The lowest BCUT2D eigenvalue weighted by atomic mass is 10.3. The molecule has 4 heteroatoms. The molecule has 0 bridgehead atoms. The van der Waals surface area contributed by atoms with Gasteiger partial charge in [0.25, 0.3) is 0 Å². The molecule has 0 amide bonds. The Morgan fingerprint density at radius 1 is 1.57 bits per heavy atom. The van der Waals surface area contributed by atoms with Gasteiger partial charge in [0.2, 0.25) is 0 Å². The molecule has 0 spiro atoms. The molecule has 74 valence electrons. The van der Waals surface area contributed by atoms with Crippen molar-refractivity contribution in [1.29, 1.82) is 0 Å². The molecule has 1 aromatic heterocycles. The smallest absolute Gasteiger partial charge is 0.168 e. The molecule has 0 unspecified atom stereocenters. The lowest BCUT2D eigenvalue weighted by Gasteiger charge is -2.05. The molecule has 2 rings (SSSR count). The topological polar surface area (TPSA) is 39.2 Å². The third kappa shape index (κ3) is 2.26. The standard InChI is InChI=1S/C10H11NO2S/c1-14-10-5-9(13-8-2-3-8)4-7(6-12)11-10/h4-6,8H,2-3H2,1H3. The second-order valence-electron chi connectivity index (χ2n) is 3.21. The largest absolute Gasteiger partial charge is 0.490 e. The summed E-state index contributed by atoms with van der Waals surface area (Å²) in [6.07, 6.45) is 5.27. The number of hydrogen-bond acceptors (Lipinski definition) is 4. The first-order chi connectivity index (χ1) is 6.81. The maximum Gasteiger partial charge on any atom is 0.168 e. The number of rotatable bonds is 4. The van der Waals surface area contributed by atoms with Gasteiger partial charge in [0, 0.05) is 12.1 Å². The second kappa shape index (κ2) is 4.00. The maximum atomic E-state index is 10.6. The predicted octanol–water partition coefficient (Wildman–Crippen LogP) is 2.16. The van der Waals surface area contributed by atoms with Gasteiger partial charge in [-0.2, -0.15) is 0 Å². The highest BCUT2D eigenvalue weighted by Crippen LogP contribution is 2.28. The summed E-state index contributed by atoms with van der Waals surface area (Å²) in [6, 6.07) is 3.56. The average molecular weight is 209 g/mol. The zero-order valence-corrected chi connectivity index (χ0v) is 8.71. The van der Waals surface area contributed by atoms with Crippen LogP contribution in [0, 0.1) is 0 Å². The maximum absolute atomic E-state index is 10.6. The first kappa shape index (κ1) is 9.52. The van der Waals surface area contributed by atoms with Gasteiger partial charge in [0.1, 0.15) is 16.5 Å². The average Bonchev–Trinajstić information content (AvgIpc) is 3.01. The van der Waals surface area contributed by atoms with E-state index in [1.165, 1.54) is 11.8 Å². The molecule has 0 saturated heterocycles. The molecular formula is C10H11NO2S. The van der Waals surface area contributed by atoms with Gasteiger partial charge < -0.3 is 4.74 Å². The molecular weight excluding hydrogens is 198 g/mol. The van der Waals surface area contributed by atoms with Crippen molar-refractivity contribution in [2.24, 2.45) is 0 Å². The van der Waals surface area contributed by atoms with Crippen LogP contribution in [-0.4, -0.2) is 23.6 Å². The predicted molar refractivity (Wildman–Crippen MR) is 55.1 cm³/mol. The molecule has 1 fully saturated rings. The quantitative estimate of drug-likeness (QED) is 0.562. The number of carbonyl (C=O) groups excluding carboxylic acids is 1. The van der Waals surface area contributed by atoms with Crippen molar-refractivity contribution in [1.82, 2.24) is 4.98 Å². The van der Waals surface area contributed by atoms with Crippen LogP contribution in [0.2, 0.25) is 0 Å². The first-order valence-corrected chi connectivity index (χ1v) is 5.72. The minimum atomic E-state index is 0.353. The highest BCUT2D eigenvalue weighted by molar-refractivity contribution is 7.98. The fourth-order valence-corrected chi connectivity index (χ4v) is 1.54. The summed E-state index contributed by atoms with van der Waals surface area (Å²) in [5.74, 6) is 0.758. The number of aldehydes is 1. The van der Waals surface area contributed by atoms with Crippen LogP contribution in [0.4, 0.5) is 0 Å². The molecule has 1 saturated carbocycles. The van der Waals surface area contributed by atoms with E-state index in [1.54, 1.807) is 6.07 Å². The Balaban J connectivity index is 2.23. The summed E-state index contributed by atoms with van der Waals surface area (Å²) in [5.41, 5.74) is 0.438. The zero-order valence-electron chi connectivity index (χ0n) is 7.90. The normalized spacial score (nSPS) is 15.2. The summed E-state index contributed by atoms with van der Waals surface area (Å²) in [5, 5.41) is 0.824. The van der Waals surface area contributed by atoms with E-state index in [0.29, 0.717) is 11.8 Å². The summed E-state index contributed by atoms with van der Waals surface area (Å²) < 4.78 is 5.60. The molecule has 0 atom stereocenters. The van der Waals surface area contributed by atoms with E-state index in [2.05, 4.69) is 4.98 Å². The number of aromatic nitrogens is 1. The number of ether oxygens (including phenoxy) is 1. The SMILES string of the molecule is CSc1cc(OC2CC2)cc(C=O)n1. The van der Waals surface area contributed by atoms with Crippen molar-refractivity contribution >= 4 is 18.0 Å². The zero-order chi connectivity index (χ0) is 9.97. The molecule has 1 aromatic rings. The molecule has 3 nitrogen and oxygen atoms in total. The summed E-state index contributed by atoms with van der Waals surface area (Å²) in [7, 11) is 0. The number of hydrogen-bond donors (Lipinski definition) is 0. The highest BCUT2D eigenvalue weighted by atomic mass is 32.2. The molecule has 1 heterocycles. The van der Waals surface area contributed by atoms with Crippen molar-refractivity contribution in [2.75, 3.05) is 6.26 Å². The van der Waals surface area contributed by atoms with Crippen molar-refractivity contribution in [3.05, 3.63) is 17.8 Å². The Hall–Kier alpha value is -1.03. The van der Waals surface area contributed by atoms with Crippen LogP contribution in [0.3, 0.4) is 0 Å². The van der Waals surface area contributed by atoms with Crippen LogP contribution in [-0.2, 0) is 0 Å². The van der Waals surface area contributed by atoms with Crippen molar-refractivity contribution in [2.45, 2.75) is 24.0 Å². The van der Waals surface area contributed by atoms with Crippen LogP contribution in [0.1, 0.15) is 23.3 Å². The van der Waals surface area contributed by atoms with E-state index in [1.807, 2.05) is 12.3 Å².